The van der Waals surface area contributed by atoms with Gasteiger partial charge in [-0.15, -0.1) is 0 Å². The lowest BCUT2D eigenvalue weighted by atomic mass is 10.2. The van der Waals surface area contributed by atoms with Gasteiger partial charge in [-0.25, -0.2) is 14.8 Å². The fourth-order valence-corrected chi connectivity index (χ4v) is 1.90. The highest BCUT2D eigenvalue weighted by Gasteiger charge is 2.12. The zero-order chi connectivity index (χ0) is 15.1. The van der Waals surface area contributed by atoms with Gasteiger partial charge in [-0.2, -0.15) is 0 Å². The molecule has 112 valence electrons. The first kappa shape index (κ1) is 15.2. The van der Waals surface area contributed by atoms with E-state index >= 15 is 0 Å². The van der Waals surface area contributed by atoms with E-state index in [0.29, 0.717) is 24.5 Å². The van der Waals surface area contributed by atoms with Crippen molar-refractivity contribution in [2.45, 2.75) is 19.8 Å². The molecule has 0 saturated heterocycles. The van der Waals surface area contributed by atoms with Gasteiger partial charge in [0.1, 0.15) is 5.82 Å². The van der Waals surface area contributed by atoms with Gasteiger partial charge in [0.25, 0.3) is 0 Å². The minimum Gasteiger partial charge on any atom is -0.475 e. The molecule has 6 nitrogen and oxygen atoms in total. The minimum absolute atomic E-state index is 0.205. The van der Waals surface area contributed by atoms with Crippen LogP contribution in [0, 0.1) is 0 Å². The second-order valence-electron chi connectivity index (χ2n) is 4.61. The van der Waals surface area contributed by atoms with Crippen LogP contribution in [0.15, 0.2) is 24.3 Å². The topological polar surface area (TPSA) is 84.3 Å². The van der Waals surface area contributed by atoms with Crippen molar-refractivity contribution in [3.05, 3.63) is 30.1 Å². The van der Waals surface area contributed by atoms with Crippen LogP contribution in [-0.4, -0.2) is 40.8 Å². The molecule has 0 aliphatic rings. The Morgan fingerprint density at radius 1 is 1.29 bits per heavy atom. The van der Waals surface area contributed by atoms with Crippen molar-refractivity contribution in [2.75, 3.05) is 25.1 Å². The number of ether oxygens (including phenoxy) is 1. The maximum Gasteiger partial charge on any atom is 0.374 e. The van der Waals surface area contributed by atoms with E-state index in [2.05, 4.69) is 22.2 Å². The third kappa shape index (κ3) is 4.13. The average Bonchev–Trinajstić information content (AvgIpc) is 2.50. The summed E-state index contributed by atoms with van der Waals surface area (Å²) in [7, 11) is 0. The zero-order valence-corrected chi connectivity index (χ0v) is 12.0. The maximum absolute atomic E-state index is 11.1. The van der Waals surface area contributed by atoms with Gasteiger partial charge in [0, 0.05) is 18.5 Å². The van der Waals surface area contributed by atoms with Gasteiger partial charge in [0.15, 0.2) is 0 Å². The summed E-state index contributed by atoms with van der Waals surface area (Å²) >= 11 is 0. The molecule has 2 aromatic rings. The SMILES string of the molecule is CCCCOCCNc1nc(C(=O)O)nc2ccccc12. The van der Waals surface area contributed by atoms with Gasteiger partial charge in [0.05, 0.1) is 12.1 Å². The van der Waals surface area contributed by atoms with E-state index in [9.17, 15) is 4.79 Å². The minimum atomic E-state index is -1.14. The summed E-state index contributed by atoms with van der Waals surface area (Å²) in [6.07, 6.45) is 2.14. The Labute approximate surface area is 123 Å². The molecule has 2 N–H and O–H groups in total. The first-order chi connectivity index (χ1) is 10.2. The van der Waals surface area contributed by atoms with Crippen molar-refractivity contribution >= 4 is 22.7 Å². The smallest absolute Gasteiger partial charge is 0.374 e. The Bertz CT molecular complexity index is 616. The molecule has 0 unspecified atom stereocenters. The van der Waals surface area contributed by atoms with Gasteiger partial charge in [-0.05, 0) is 18.6 Å². The number of nitrogens with zero attached hydrogens (tertiary/aromatic N) is 2. The number of fused-ring (bicyclic) bond motifs is 1. The highest BCUT2D eigenvalue weighted by molar-refractivity contribution is 5.93. The molecule has 0 fully saturated rings. The first-order valence-corrected chi connectivity index (χ1v) is 7.04. The first-order valence-electron chi connectivity index (χ1n) is 7.04. The molecule has 6 heteroatoms. The van der Waals surface area contributed by atoms with Crippen LogP contribution in [0.3, 0.4) is 0 Å². The monoisotopic (exact) mass is 289 g/mol. The third-order valence-corrected chi connectivity index (χ3v) is 2.98. The van der Waals surface area contributed by atoms with Crippen molar-refractivity contribution in [3.63, 3.8) is 0 Å². The van der Waals surface area contributed by atoms with Gasteiger partial charge in [0.2, 0.25) is 5.82 Å². The lowest BCUT2D eigenvalue weighted by Crippen LogP contribution is -2.13. The van der Waals surface area contributed by atoms with E-state index in [1.165, 1.54) is 0 Å². The van der Waals surface area contributed by atoms with Crippen molar-refractivity contribution in [1.82, 2.24) is 9.97 Å². The van der Waals surface area contributed by atoms with E-state index in [1.807, 2.05) is 18.2 Å². The maximum atomic E-state index is 11.1. The second-order valence-corrected chi connectivity index (χ2v) is 4.61. The van der Waals surface area contributed by atoms with Crippen molar-refractivity contribution in [3.8, 4) is 0 Å². The quantitative estimate of drug-likeness (QED) is 0.727. The zero-order valence-electron chi connectivity index (χ0n) is 12.0. The number of para-hydroxylation sites is 1. The number of carboxylic acid groups (broad SMARTS) is 1. The molecule has 0 spiro atoms. The van der Waals surface area contributed by atoms with Crippen molar-refractivity contribution < 1.29 is 14.6 Å². The van der Waals surface area contributed by atoms with Crippen LogP contribution < -0.4 is 5.32 Å². The molecular formula is C15H19N3O3. The molecular weight excluding hydrogens is 270 g/mol. The molecule has 0 radical (unpaired) electrons. The third-order valence-electron chi connectivity index (χ3n) is 2.98. The van der Waals surface area contributed by atoms with Gasteiger partial charge >= 0.3 is 5.97 Å². The Morgan fingerprint density at radius 3 is 2.86 bits per heavy atom. The summed E-state index contributed by atoms with van der Waals surface area (Å²) in [5.41, 5.74) is 0.610. The number of anilines is 1. The van der Waals surface area contributed by atoms with E-state index in [-0.39, 0.29) is 5.82 Å². The molecule has 0 bridgehead atoms. The molecule has 0 saturated carbocycles. The highest BCUT2D eigenvalue weighted by Crippen LogP contribution is 2.19. The lowest BCUT2D eigenvalue weighted by molar-refractivity contribution is 0.0684. The second kappa shape index (κ2) is 7.54. The summed E-state index contributed by atoms with van der Waals surface area (Å²) in [6, 6.07) is 7.32. The molecule has 1 aromatic carbocycles. The van der Waals surface area contributed by atoms with Crippen LogP contribution in [0.4, 0.5) is 5.82 Å². The molecule has 2 rings (SSSR count). The Morgan fingerprint density at radius 2 is 2.10 bits per heavy atom. The largest absolute Gasteiger partial charge is 0.475 e. The van der Waals surface area contributed by atoms with E-state index in [0.717, 1.165) is 24.8 Å². The number of hydrogen-bond donors (Lipinski definition) is 2. The average molecular weight is 289 g/mol. The van der Waals surface area contributed by atoms with Crippen LogP contribution in [0.25, 0.3) is 10.9 Å². The highest BCUT2D eigenvalue weighted by atomic mass is 16.5. The van der Waals surface area contributed by atoms with E-state index in [4.69, 9.17) is 9.84 Å². The summed E-state index contributed by atoms with van der Waals surface area (Å²) in [4.78, 5) is 19.1. The number of hydrogen-bond acceptors (Lipinski definition) is 5. The van der Waals surface area contributed by atoms with Crippen LogP contribution in [0.5, 0.6) is 0 Å². The predicted molar refractivity (Wildman–Crippen MR) is 80.7 cm³/mol. The summed E-state index contributed by atoms with van der Waals surface area (Å²) in [5.74, 6) is -0.816. The van der Waals surface area contributed by atoms with Crippen LogP contribution in [-0.2, 0) is 4.74 Å². The number of rotatable bonds is 8. The van der Waals surface area contributed by atoms with Gasteiger partial charge in [-0.1, -0.05) is 25.5 Å². The fourth-order valence-electron chi connectivity index (χ4n) is 1.90. The molecule has 0 aliphatic heterocycles. The number of carboxylic acids is 1. The van der Waals surface area contributed by atoms with Gasteiger partial charge < -0.3 is 15.2 Å². The summed E-state index contributed by atoms with van der Waals surface area (Å²) in [6.45, 7) is 3.98. The Balaban J connectivity index is 2.08. The molecule has 0 amide bonds. The normalized spacial score (nSPS) is 10.7. The Kier molecular flexibility index (Phi) is 5.45. The van der Waals surface area contributed by atoms with E-state index in [1.54, 1.807) is 6.07 Å². The molecule has 0 aliphatic carbocycles. The predicted octanol–water partition coefficient (Wildman–Crippen LogP) is 2.56. The number of aromatic nitrogens is 2. The Hall–Kier alpha value is -2.21. The molecule has 1 heterocycles. The summed E-state index contributed by atoms with van der Waals surface area (Å²) in [5, 5.41) is 13.0. The molecule has 1 aromatic heterocycles. The molecule has 21 heavy (non-hydrogen) atoms. The van der Waals surface area contributed by atoms with E-state index < -0.39 is 5.97 Å². The van der Waals surface area contributed by atoms with Crippen LogP contribution >= 0.6 is 0 Å². The standard InChI is InChI=1S/C15H19N3O3/c1-2-3-9-21-10-8-16-13-11-6-4-5-7-12(11)17-14(18-13)15(19)20/h4-7H,2-3,8-10H2,1H3,(H,19,20)(H,16,17,18). The number of benzene rings is 1. The summed E-state index contributed by atoms with van der Waals surface area (Å²) < 4.78 is 5.46. The van der Waals surface area contributed by atoms with Crippen LogP contribution in [0.2, 0.25) is 0 Å². The number of unbranched alkanes of at least 4 members (excludes halogenated alkanes) is 1. The van der Waals surface area contributed by atoms with Gasteiger partial charge in [-0.3, -0.25) is 0 Å². The van der Waals surface area contributed by atoms with Crippen molar-refractivity contribution in [1.29, 1.82) is 0 Å². The fraction of sp³-hybridized carbons (Fsp3) is 0.400. The van der Waals surface area contributed by atoms with Crippen LogP contribution in [0.1, 0.15) is 30.4 Å². The van der Waals surface area contributed by atoms with Crippen molar-refractivity contribution in [2.24, 2.45) is 0 Å². The lowest BCUT2D eigenvalue weighted by Gasteiger charge is -2.09. The number of nitrogens with one attached hydrogen (secondary N) is 1. The number of carbonyl (C=O) groups is 1. The number of aromatic carboxylic acids is 1. The molecule has 0 atom stereocenters.